The fourth-order valence-electron chi connectivity index (χ4n) is 2.22. The van der Waals surface area contributed by atoms with E-state index in [1.54, 1.807) is 0 Å². The van der Waals surface area contributed by atoms with E-state index in [0.717, 1.165) is 17.9 Å². The first kappa shape index (κ1) is 9.86. The number of hydrogen-bond acceptors (Lipinski definition) is 1. The van der Waals surface area contributed by atoms with E-state index in [0.29, 0.717) is 0 Å². The Balaban J connectivity index is 1.91. The molecule has 82 valence electrons. The highest BCUT2D eigenvalue weighted by Crippen LogP contribution is 2.37. The molecule has 1 fully saturated rings. The number of aliphatic hydroxyl groups excluding tert-OH is 1. The summed E-state index contributed by atoms with van der Waals surface area (Å²) in [7, 11) is 0. The molecular formula is C15H16O. The molecule has 1 heteroatoms. The third-order valence-electron chi connectivity index (χ3n) is 3.41. The second-order valence-corrected chi connectivity index (χ2v) is 4.80. The molecule has 1 unspecified atom stereocenters. The van der Waals surface area contributed by atoms with Crippen LogP contribution in [0.3, 0.4) is 0 Å². The lowest BCUT2D eigenvalue weighted by Crippen LogP contribution is -1.98. The van der Waals surface area contributed by atoms with Crippen LogP contribution in [0.25, 0.3) is 10.8 Å². The molecule has 0 saturated heterocycles. The van der Waals surface area contributed by atoms with Crippen LogP contribution in [-0.4, -0.2) is 5.11 Å². The largest absolute Gasteiger partial charge is 0.388 e. The van der Waals surface area contributed by atoms with E-state index < -0.39 is 0 Å². The average Bonchev–Trinajstić information content (AvgIpc) is 3.12. The van der Waals surface area contributed by atoms with Gasteiger partial charge >= 0.3 is 0 Å². The zero-order valence-corrected chi connectivity index (χ0v) is 9.26. The molecular weight excluding hydrogens is 196 g/mol. The summed E-state index contributed by atoms with van der Waals surface area (Å²) in [5, 5.41) is 12.5. The smallest absolute Gasteiger partial charge is 0.0792 e. The summed E-state index contributed by atoms with van der Waals surface area (Å²) in [5.41, 5.74) is 1.06. The van der Waals surface area contributed by atoms with Gasteiger partial charge in [-0.25, -0.2) is 0 Å². The lowest BCUT2D eigenvalue weighted by Gasteiger charge is -2.11. The maximum absolute atomic E-state index is 10.1. The van der Waals surface area contributed by atoms with Gasteiger partial charge in [-0.15, -0.1) is 0 Å². The Kier molecular flexibility index (Phi) is 2.41. The quantitative estimate of drug-likeness (QED) is 0.823. The van der Waals surface area contributed by atoms with Crippen molar-refractivity contribution in [3.63, 3.8) is 0 Å². The second-order valence-electron chi connectivity index (χ2n) is 4.80. The van der Waals surface area contributed by atoms with Crippen molar-refractivity contribution in [1.29, 1.82) is 0 Å². The van der Waals surface area contributed by atoms with Crippen LogP contribution in [0.5, 0.6) is 0 Å². The van der Waals surface area contributed by atoms with E-state index in [-0.39, 0.29) is 6.10 Å². The first-order valence-electron chi connectivity index (χ1n) is 6.00. The molecule has 2 aromatic carbocycles. The van der Waals surface area contributed by atoms with E-state index in [1.807, 2.05) is 12.1 Å². The van der Waals surface area contributed by atoms with E-state index in [9.17, 15) is 5.11 Å². The van der Waals surface area contributed by atoms with E-state index in [1.165, 1.54) is 23.6 Å². The van der Waals surface area contributed by atoms with Crippen LogP contribution < -0.4 is 0 Å². The molecule has 0 spiro atoms. The molecule has 1 N–H and O–H groups in total. The van der Waals surface area contributed by atoms with E-state index in [2.05, 4.69) is 30.3 Å². The van der Waals surface area contributed by atoms with Gasteiger partial charge in [-0.2, -0.15) is 0 Å². The number of rotatable bonds is 3. The minimum Gasteiger partial charge on any atom is -0.388 e. The molecule has 0 radical (unpaired) electrons. The van der Waals surface area contributed by atoms with Crippen LogP contribution in [0, 0.1) is 5.92 Å². The standard InChI is InChI=1S/C15H16O/c16-15(9-11-5-6-11)14-8-7-12-3-1-2-4-13(12)10-14/h1-4,7-8,10-11,15-16H,5-6,9H2. The SMILES string of the molecule is OC(CC1CC1)c1ccc2ccccc2c1. The van der Waals surface area contributed by atoms with Gasteiger partial charge in [0.2, 0.25) is 0 Å². The average molecular weight is 212 g/mol. The summed E-state index contributed by atoms with van der Waals surface area (Å²) >= 11 is 0. The van der Waals surface area contributed by atoms with Crippen LogP contribution >= 0.6 is 0 Å². The Hall–Kier alpha value is -1.34. The van der Waals surface area contributed by atoms with Gasteiger partial charge in [-0.3, -0.25) is 0 Å². The Morgan fingerprint density at radius 1 is 1.06 bits per heavy atom. The normalized spacial score (nSPS) is 17.6. The van der Waals surface area contributed by atoms with Crippen molar-refractivity contribution in [3.8, 4) is 0 Å². The molecule has 0 amide bonds. The number of hydrogen-bond donors (Lipinski definition) is 1. The van der Waals surface area contributed by atoms with Crippen molar-refractivity contribution in [1.82, 2.24) is 0 Å². The highest BCUT2D eigenvalue weighted by atomic mass is 16.3. The van der Waals surface area contributed by atoms with Gasteiger partial charge in [-0.1, -0.05) is 49.2 Å². The zero-order valence-electron chi connectivity index (χ0n) is 9.26. The van der Waals surface area contributed by atoms with Crippen molar-refractivity contribution in [3.05, 3.63) is 48.0 Å². The molecule has 1 saturated carbocycles. The molecule has 0 bridgehead atoms. The molecule has 2 aromatic rings. The Morgan fingerprint density at radius 3 is 2.56 bits per heavy atom. The van der Waals surface area contributed by atoms with Gasteiger partial charge in [0.15, 0.2) is 0 Å². The molecule has 1 nitrogen and oxygen atoms in total. The summed E-state index contributed by atoms with van der Waals surface area (Å²) in [4.78, 5) is 0. The second kappa shape index (κ2) is 3.91. The van der Waals surface area contributed by atoms with Gasteiger partial charge < -0.3 is 5.11 Å². The van der Waals surface area contributed by atoms with Gasteiger partial charge in [0.25, 0.3) is 0 Å². The summed E-state index contributed by atoms with van der Waals surface area (Å²) in [5.74, 6) is 0.765. The van der Waals surface area contributed by atoms with Crippen molar-refractivity contribution in [2.45, 2.75) is 25.4 Å². The minimum absolute atomic E-state index is 0.280. The van der Waals surface area contributed by atoms with Crippen LogP contribution in [-0.2, 0) is 0 Å². The van der Waals surface area contributed by atoms with E-state index in [4.69, 9.17) is 0 Å². The summed E-state index contributed by atoms with van der Waals surface area (Å²) in [6.45, 7) is 0. The first-order chi connectivity index (χ1) is 7.83. The predicted molar refractivity (Wildman–Crippen MR) is 66.2 cm³/mol. The Morgan fingerprint density at radius 2 is 1.81 bits per heavy atom. The molecule has 3 rings (SSSR count). The number of fused-ring (bicyclic) bond motifs is 1. The van der Waals surface area contributed by atoms with Crippen LogP contribution in [0.2, 0.25) is 0 Å². The molecule has 0 aromatic heterocycles. The van der Waals surface area contributed by atoms with Gasteiger partial charge in [0.05, 0.1) is 6.10 Å². The van der Waals surface area contributed by atoms with E-state index >= 15 is 0 Å². The predicted octanol–water partition coefficient (Wildman–Crippen LogP) is 3.67. The maximum Gasteiger partial charge on any atom is 0.0792 e. The highest BCUT2D eigenvalue weighted by molar-refractivity contribution is 5.83. The monoisotopic (exact) mass is 212 g/mol. The molecule has 0 aliphatic heterocycles. The van der Waals surface area contributed by atoms with Crippen molar-refractivity contribution < 1.29 is 5.11 Å². The Bertz CT molecular complexity index is 500. The highest BCUT2D eigenvalue weighted by Gasteiger charge is 2.25. The zero-order chi connectivity index (χ0) is 11.0. The molecule has 0 heterocycles. The number of benzene rings is 2. The summed E-state index contributed by atoms with van der Waals surface area (Å²) < 4.78 is 0. The van der Waals surface area contributed by atoms with Crippen molar-refractivity contribution >= 4 is 10.8 Å². The Labute approximate surface area is 95.7 Å². The molecule has 1 aliphatic rings. The fourth-order valence-corrected chi connectivity index (χ4v) is 2.22. The minimum atomic E-state index is -0.280. The van der Waals surface area contributed by atoms with Crippen LogP contribution in [0.4, 0.5) is 0 Å². The lowest BCUT2D eigenvalue weighted by atomic mass is 10.0. The lowest BCUT2D eigenvalue weighted by molar-refractivity contribution is 0.160. The molecule has 1 aliphatic carbocycles. The summed E-state index contributed by atoms with van der Waals surface area (Å²) in [6, 6.07) is 14.6. The van der Waals surface area contributed by atoms with Crippen molar-refractivity contribution in [2.75, 3.05) is 0 Å². The third kappa shape index (κ3) is 1.96. The van der Waals surface area contributed by atoms with Gasteiger partial charge in [0, 0.05) is 0 Å². The van der Waals surface area contributed by atoms with Gasteiger partial charge in [0.1, 0.15) is 0 Å². The summed E-state index contributed by atoms with van der Waals surface area (Å²) in [6.07, 6.45) is 3.24. The molecule has 16 heavy (non-hydrogen) atoms. The molecule has 1 atom stereocenters. The van der Waals surface area contributed by atoms with Crippen molar-refractivity contribution in [2.24, 2.45) is 5.92 Å². The fraction of sp³-hybridized carbons (Fsp3) is 0.333. The van der Waals surface area contributed by atoms with Crippen LogP contribution in [0.1, 0.15) is 30.9 Å². The number of aliphatic hydroxyl groups is 1. The van der Waals surface area contributed by atoms with Gasteiger partial charge in [-0.05, 0) is 34.7 Å². The van der Waals surface area contributed by atoms with Crippen LogP contribution in [0.15, 0.2) is 42.5 Å². The topological polar surface area (TPSA) is 20.2 Å². The third-order valence-corrected chi connectivity index (χ3v) is 3.41. The first-order valence-corrected chi connectivity index (χ1v) is 6.00. The maximum atomic E-state index is 10.1.